The van der Waals surface area contributed by atoms with Gasteiger partial charge in [0, 0.05) is 17.8 Å². The first-order chi connectivity index (χ1) is 20.0. The molecule has 3 aliphatic carbocycles. The number of carboxylic acids is 1. The first-order valence-electron chi connectivity index (χ1n) is 15.7. The van der Waals surface area contributed by atoms with Crippen LogP contribution in [0.5, 0.6) is 0 Å². The van der Waals surface area contributed by atoms with Crippen molar-refractivity contribution in [1.82, 2.24) is 0 Å². The number of Topliss-reactive ketones (excluding diaryl/α,β-unsaturated/α-hetero) is 1. The van der Waals surface area contributed by atoms with Crippen LogP contribution >= 0.6 is 0 Å². The number of ketones is 1. The lowest BCUT2D eigenvalue weighted by molar-refractivity contribution is -0.297. The number of hydrogen-bond donors (Lipinski definition) is 4. The number of esters is 2. The zero-order valence-corrected chi connectivity index (χ0v) is 26.2. The molecule has 4 N–H and O–H groups in total. The van der Waals surface area contributed by atoms with Gasteiger partial charge in [0.2, 0.25) is 11.4 Å². The predicted molar refractivity (Wildman–Crippen MR) is 147 cm³/mol. The molecular weight excluding hydrogens is 564 g/mol. The SMILES string of the molecule is CCC(C)C(=O)OC1C(C)C2(O)C(C(CC)C1(CC)OC(=O)C(C)CC)C1OC1(C(=O)O)C(O)C1(O)C(=O)C3(C)OC3C12. The molecular formula is C31H46O12. The molecule has 0 aromatic carbocycles. The number of carbonyl (C=O) groups is 4. The Morgan fingerprint density at radius 2 is 1.56 bits per heavy atom. The quantitative estimate of drug-likeness (QED) is 0.217. The Hall–Kier alpha value is -2.12. The van der Waals surface area contributed by atoms with Crippen LogP contribution in [0.25, 0.3) is 0 Å². The minimum absolute atomic E-state index is 0.143. The van der Waals surface area contributed by atoms with E-state index in [2.05, 4.69) is 0 Å². The number of fused-ring (bicyclic) bond motifs is 7. The fourth-order valence-electron chi connectivity index (χ4n) is 8.89. The molecule has 3 saturated carbocycles. The van der Waals surface area contributed by atoms with Gasteiger partial charge in [-0.1, -0.05) is 48.5 Å². The van der Waals surface area contributed by atoms with E-state index >= 15 is 0 Å². The molecule has 0 amide bonds. The average Bonchev–Trinajstić information content (AvgIpc) is 3.87. The number of aliphatic hydroxyl groups is 3. The van der Waals surface area contributed by atoms with E-state index in [-0.39, 0.29) is 12.8 Å². The van der Waals surface area contributed by atoms with Gasteiger partial charge in [0.1, 0.15) is 24.4 Å². The second-order valence-electron chi connectivity index (χ2n) is 13.7. The van der Waals surface area contributed by atoms with Crippen molar-refractivity contribution in [3.63, 3.8) is 0 Å². The summed E-state index contributed by atoms with van der Waals surface area (Å²) in [5, 5.41) is 47.3. The van der Waals surface area contributed by atoms with E-state index < -0.39 is 112 Å². The van der Waals surface area contributed by atoms with Crippen molar-refractivity contribution in [2.45, 2.75) is 133 Å². The summed E-state index contributed by atoms with van der Waals surface area (Å²) >= 11 is 0. The van der Waals surface area contributed by atoms with Gasteiger partial charge >= 0.3 is 17.9 Å². The third-order valence-electron chi connectivity index (χ3n) is 11.9. The third kappa shape index (κ3) is 3.73. The lowest BCUT2D eigenvalue weighted by Crippen LogP contribution is -2.75. The molecule has 2 heterocycles. The molecule has 5 aliphatic rings. The summed E-state index contributed by atoms with van der Waals surface area (Å²) in [6.45, 7) is 13.6. The number of hydrogen-bond acceptors (Lipinski definition) is 11. The molecule has 0 radical (unpaired) electrons. The van der Waals surface area contributed by atoms with Gasteiger partial charge in [-0.25, -0.2) is 4.79 Å². The molecule has 0 spiro atoms. The topological polar surface area (TPSA) is 193 Å². The van der Waals surface area contributed by atoms with Gasteiger partial charge < -0.3 is 39.4 Å². The molecule has 43 heavy (non-hydrogen) atoms. The number of carbonyl (C=O) groups excluding carboxylic acids is 3. The predicted octanol–water partition coefficient (Wildman–Crippen LogP) is 1.39. The first kappa shape index (κ1) is 32.3. The number of aliphatic hydroxyl groups excluding tert-OH is 1. The maximum absolute atomic E-state index is 13.8. The average molecular weight is 611 g/mol. The number of ether oxygens (including phenoxy) is 4. The van der Waals surface area contributed by atoms with Gasteiger partial charge in [-0.15, -0.1) is 0 Å². The normalized spacial score (nSPS) is 50.6. The minimum atomic E-state index is -2.74. The van der Waals surface area contributed by atoms with Crippen LogP contribution in [0, 0.1) is 35.5 Å². The van der Waals surface area contributed by atoms with Crippen molar-refractivity contribution >= 4 is 23.7 Å². The van der Waals surface area contributed by atoms with Crippen molar-refractivity contribution in [3.8, 4) is 0 Å². The molecule has 242 valence electrons. The summed E-state index contributed by atoms with van der Waals surface area (Å²) in [7, 11) is 0. The molecule has 2 saturated heterocycles. The number of epoxide rings is 2. The highest BCUT2D eigenvalue weighted by molar-refractivity contribution is 6.03. The third-order valence-corrected chi connectivity index (χ3v) is 11.9. The second-order valence-corrected chi connectivity index (χ2v) is 13.7. The van der Waals surface area contributed by atoms with Crippen molar-refractivity contribution in [2.75, 3.05) is 0 Å². The van der Waals surface area contributed by atoms with E-state index in [1.54, 1.807) is 34.6 Å². The van der Waals surface area contributed by atoms with Crippen LogP contribution in [-0.4, -0.2) is 96.5 Å². The van der Waals surface area contributed by atoms with Crippen LogP contribution in [0.4, 0.5) is 0 Å². The first-order valence-corrected chi connectivity index (χ1v) is 15.7. The van der Waals surface area contributed by atoms with Crippen LogP contribution in [0.2, 0.25) is 0 Å². The van der Waals surface area contributed by atoms with E-state index in [9.17, 15) is 39.6 Å². The standard InChI is InChI=1S/C31H46O12/c1-9-13(5)22(32)40-19-15(7)29(38)17(16(11-3)28(19,12-4)43-23(33)14(6)10-2)20-31(42-20,26(36)37)25(35)30(39)18(29)21-27(8,41-21)24(30)34/h13-21,25,35,38-39H,9-12H2,1-8H3,(H,36,37). The lowest BCUT2D eigenvalue weighted by atomic mass is 9.50. The Balaban J connectivity index is 1.78. The van der Waals surface area contributed by atoms with Crippen molar-refractivity contribution in [3.05, 3.63) is 0 Å². The highest BCUT2D eigenvalue weighted by Crippen LogP contribution is 2.72. The van der Waals surface area contributed by atoms with Crippen molar-refractivity contribution in [1.29, 1.82) is 0 Å². The van der Waals surface area contributed by atoms with Gasteiger partial charge in [-0.3, -0.25) is 14.4 Å². The molecule has 0 aromatic heterocycles. The lowest BCUT2D eigenvalue weighted by Gasteiger charge is -2.61. The Bertz CT molecular complexity index is 1220. The zero-order chi connectivity index (χ0) is 32.2. The van der Waals surface area contributed by atoms with Crippen LogP contribution in [0.15, 0.2) is 0 Å². The molecule has 5 rings (SSSR count). The van der Waals surface area contributed by atoms with E-state index in [0.717, 1.165) is 0 Å². The maximum Gasteiger partial charge on any atom is 0.341 e. The summed E-state index contributed by atoms with van der Waals surface area (Å²) in [5.41, 5.74) is -10.4. The molecule has 5 fully saturated rings. The number of rotatable bonds is 9. The van der Waals surface area contributed by atoms with Crippen LogP contribution in [0.1, 0.15) is 81.1 Å². The van der Waals surface area contributed by atoms with Gasteiger partial charge in [-0.2, -0.15) is 0 Å². The van der Waals surface area contributed by atoms with Gasteiger partial charge in [0.05, 0.1) is 23.4 Å². The maximum atomic E-state index is 13.8. The van der Waals surface area contributed by atoms with E-state index in [1.807, 2.05) is 13.8 Å². The fourth-order valence-corrected chi connectivity index (χ4v) is 8.89. The molecule has 2 aliphatic heterocycles. The molecule has 15 unspecified atom stereocenters. The van der Waals surface area contributed by atoms with E-state index in [1.165, 1.54) is 6.92 Å². The molecule has 15 atom stereocenters. The Labute approximate surface area is 251 Å². The highest BCUT2D eigenvalue weighted by Gasteiger charge is 2.93. The van der Waals surface area contributed by atoms with Gasteiger partial charge in [-0.05, 0) is 32.6 Å². The molecule has 12 heteroatoms. The summed E-state index contributed by atoms with van der Waals surface area (Å²) in [6.07, 6.45) is -4.59. The van der Waals surface area contributed by atoms with Gasteiger partial charge in [0.15, 0.2) is 16.8 Å². The van der Waals surface area contributed by atoms with Crippen molar-refractivity contribution < 1.29 is 58.6 Å². The summed E-state index contributed by atoms with van der Waals surface area (Å²) in [5.74, 6) is -9.32. The molecule has 0 aromatic rings. The summed E-state index contributed by atoms with van der Waals surface area (Å²) in [6, 6.07) is 0. The summed E-state index contributed by atoms with van der Waals surface area (Å²) < 4.78 is 24.1. The zero-order valence-electron chi connectivity index (χ0n) is 26.2. The van der Waals surface area contributed by atoms with Gasteiger partial charge in [0.25, 0.3) is 0 Å². The van der Waals surface area contributed by atoms with E-state index in [4.69, 9.17) is 18.9 Å². The van der Waals surface area contributed by atoms with Crippen molar-refractivity contribution in [2.24, 2.45) is 35.5 Å². The van der Waals surface area contributed by atoms with Crippen LogP contribution in [-0.2, 0) is 38.1 Å². The minimum Gasteiger partial charge on any atom is -0.479 e. The molecule has 12 nitrogen and oxygen atoms in total. The monoisotopic (exact) mass is 610 g/mol. The van der Waals surface area contributed by atoms with E-state index in [0.29, 0.717) is 12.8 Å². The largest absolute Gasteiger partial charge is 0.479 e. The number of carboxylic acid groups (broad SMARTS) is 1. The van der Waals surface area contributed by atoms with Crippen LogP contribution < -0.4 is 0 Å². The van der Waals surface area contributed by atoms with Crippen LogP contribution in [0.3, 0.4) is 0 Å². The fraction of sp³-hybridized carbons (Fsp3) is 0.871. The highest BCUT2D eigenvalue weighted by atomic mass is 16.7. The molecule has 0 bridgehead atoms. The Morgan fingerprint density at radius 1 is 0.977 bits per heavy atom. The Morgan fingerprint density at radius 3 is 2.07 bits per heavy atom. The Kier molecular flexibility index (Phi) is 7.46. The summed E-state index contributed by atoms with van der Waals surface area (Å²) in [4.78, 5) is 53.5. The smallest absolute Gasteiger partial charge is 0.341 e. The number of aliphatic carboxylic acids is 1. The second kappa shape index (κ2) is 9.94.